The zero-order valence-electron chi connectivity index (χ0n) is 11.3. The Labute approximate surface area is 117 Å². The minimum absolute atomic E-state index is 0.158. The molecule has 1 aliphatic rings. The summed E-state index contributed by atoms with van der Waals surface area (Å²) in [6.45, 7) is 2.82. The number of nitrogens with zero attached hydrogens (tertiary/aromatic N) is 3. The van der Waals surface area contributed by atoms with Gasteiger partial charge in [-0.15, -0.1) is 5.10 Å². The molecule has 0 saturated carbocycles. The second-order valence-electron chi connectivity index (χ2n) is 4.82. The fraction of sp³-hybridized carbons (Fsp3) is 0.750. The van der Waals surface area contributed by atoms with Crippen molar-refractivity contribution in [3.63, 3.8) is 0 Å². The number of amides is 1. The summed E-state index contributed by atoms with van der Waals surface area (Å²) in [5, 5.41) is 13.1. The van der Waals surface area contributed by atoms with Gasteiger partial charge >= 0.3 is 0 Å². The maximum absolute atomic E-state index is 11.8. The third kappa shape index (κ3) is 4.83. The van der Waals surface area contributed by atoms with Crippen LogP contribution in [0.15, 0.2) is 6.20 Å². The Bertz CT molecular complexity index is 375. The lowest BCUT2D eigenvalue weighted by Gasteiger charge is -2.29. The van der Waals surface area contributed by atoms with Crippen LogP contribution in [0.5, 0.6) is 0 Å². The number of hydrogen-bond acceptors (Lipinski definition) is 5. The largest absolute Gasteiger partial charge is 0.356 e. The van der Waals surface area contributed by atoms with E-state index in [1.165, 1.54) is 0 Å². The van der Waals surface area contributed by atoms with E-state index in [0.29, 0.717) is 18.9 Å². The fourth-order valence-electron chi connectivity index (χ4n) is 2.31. The molecule has 19 heavy (non-hydrogen) atoms. The molecule has 2 heterocycles. The van der Waals surface area contributed by atoms with Crippen LogP contribution in [0.2, 0.25) is 0 Å². The van der Waals surface area contributed by atoms with Crippen LogP contribution in [0.25, 0.3) is 0 Å². The molecule has 1 aliphatic heterocycles. The van der Waals surface area contributed by atoms with E-state index in [2.05, 4.69) is 31.3 Å². The highest BCUT2D eigenvalue weighted by molar-refractivity contribution is 7.96. The first kappa shape index (κ1) is 14.3. The molecule has 0 bridgehead atoms. The molecule has 0 radical (unpaired) electrons. The maximum Gasteiger partial charge on any atom is 0.220 e. The minimum Gasteiger partial charge on any atom is -0.356 e. The molecule has 1 amide bonds. The first-order valence-corrected chi connectivity index (χ1v) is 7.87. The summed E-state index contributed by atoms with van der Waals surface area (Å²) in [4.78, 5) is 11.8. The molecular weight excluding hydrogens is 262 g/mol. The minimum atomic E-state index is 0.158. The average molecular weight is 283 g/mol. The maximum atomic E-state index is 11.8. The van der Waals surface area contributed by atoms with Crippen LogP contribution in [-0.2, 0) is 11.2 Å². The molecule has 0 aliphatic carbocycles. The lowest BCUT2D eigenvalue weighted by atomic mass is 9.94. The van der Waals surface area contributed by atoms with Crippen molar-refractivity contribution in [3.05, 3.63) is 11.9 Å². The number of aromatic amines is 1. The van der Waals surface area contributed by atoms with E-state index in [-0.39, 0.29) is 5.91 Å². The van der Waals surface area contributed by atoms with Gasteiger partial charge in [0.15, 0.2) is 0 Å². The standard InChI is InChI=1S/C12H21N5OS/c1-19-17-6-3-10(4-7-17)8-12(18)13-5-2-11-9-14-16-15-11/h9-10H,2-8H2,1H3,(H,13,18)(H,14,15,16). The van der Waals surface area contributed by atoms with Crippen molar-refractivity contribution >= 4 is 17.9 Å². The SMILES string of the molecule is CSN1CCC(CC(=O)NCCc2c[nH]nn2)CC1. The molecule has 0 atom stereocenters. The number of carbonyl (C=O) groups excluding carboxylic acids is 1. The van der Waals surface area contributed by atoms with Gasteiger partial charge < -0.3 is 5.32 Å². The van der Waals surface area contributed by atoms with E-state index in [0.717, 1.165) is 38.0 Å². The van der Waals surface area contributed by atoms with E-state index >= 15 is 0 Å². The van der Waals surface area contributed by atoms with Crippen LogP contribution < -0.4 is 5.32 Å². The summed E-state index contributed by atoms with van der Waals surface area (Å²) in [7, 11) is 0. The summed E-state index contributed by atoms with van der Waals surface area (Å²) in [6, 6.07) is 0. The van der Waals surface area contributed by atoms with Crippen molar-refractivity contribution in [2.75, 3.05) is 25.9 Å². The summed E-state index contributed by atoms with van der Waals surface area (Å²) < 4.78 is 2.36. The lowest BCUT2D eigenvalue weighted by Crippen LogP contribution is -2.33. The van der Waals surface area contributed by atoms with Gasteiger partial charge in [0.25, 0.3) is 0 Å². The quantitative estimate of drug-likeness (QED) is 0.757. The fourth-order valence-corrected chi connectivity index (χ4v) is 2.88. The van der Waals surface area contributed by atoms with E-state index < -0.39 is 0 Å². The topological polar surface area (TPSA) is 73.9 Å². The van der Waals surface area contributed by atoms with Gasteiger partial charge in [0.05, 0.1) is 5.69 Å². The predicted octanol–water partition coefficient (Wildman–Crippen LogP) is 0.843. The molecule has 0 unspecified atom stereocenters. The Hall–Kier alpha value is -1.08. The van der Waals surface area contributed by atoms with Crippen molar-refractivity contribution < 1.29 is 4.79 Å². The molecule has 1 fully saturated rings. The van der Waals surface area contributed by atoms with Crippen molar-refractivity contribution in [3.8, 4) is 0 Å². The number of piperidine rings is 1. The molecule has 2 rings (SSSR count). The number of nitrogens with one attached hydrogen (secondary N) is 2. The molecular formula is C12H21N5OS. The Balaban J connectivity index is 1.59. The molecule has 2 N–H and O–H groups in total. The Kier molecular flexibility index (Phi) is 5.65. The van der Waals surface area contributed by atoms with E-state index in [4.69, 9.17) is 0 Å². The van der Waals surface area contributed by atoms with Crippen LogP contribution in [0, 0.1) is 5.92 Å². The molecule has 0 spiro atoms. The zero-order chi connectivity index (χ0) is 13.5. The molecule has 0 aromatic carbocycles. The lowest BCUT2D eigenvalue weighted by molar-refractivity contribution is -0.122. The summed E-state index contributed by atoms with van der Waals surface area (Å²) >= 11 is 1.80. The van der Waals surface area contributed by atoms with Gasteiger partial charge in [-0.05, 0) is 25.0 Å². The number of H-pyrrole nitrogens is 1. The Morgan fingerprint density at radius 3 is 3.00 bits per heavy atom. The Morgan fingerprint density at radius 2 is 2.37 bits per heavy atom. The molecule has 1 aromatic heterocycles. The highest BCUT2D eigenvalue weighted by Gasteiger charge is 2.20. The molecule has 6 nitrogen and oxygen atoms in total. The number of carbonyl (C=O) groups is 1. The first-order valence-electron chi connectivity index (χ1n) is 6.69. The van der Waals surface area contributed by atoms with Crippen LogP contribution in [-0.4, -0.2) is 51.5 Å². The molecule has 106 valence electrons. The highest BCUT2D eigenvalue weighted by atomic mass is 32.2. The third-order valence-corrected chi connectivity index (χ3v) is 4.36. The first-order chi connectivity index (χ1) is 9.28. The van der Waals surface area contributed by atoms with E-state index in [9.17, 15) is 4.79 Å². The van der Waals surface area contributed by atoms with Crippen LogP contribution in [0.1, 0.15) is 25.0 Å². The van der Waals surface area contributed by atoms with Gasteiger partial charge in [-0.1, -0.05) is 17.2 Å². The van der Waals surface area contributed by atoms with Gasteiger partial charge in [0.1, 0.15) is 0 Å². The van der Waals surface area contributed by atoms with Crippen molar-refractivity contribution in [1.29, 1.82) is 0 Å². The van der Waals surface area contributed by atoms with Crippen molar-refractivity contribution in [2.24, 2.45) is 5.92 Å². The van der Waals surface area contributed by atoms with Crippen molar-refractivity contribution in [1.82, 2.24) is 25.0 Å². The summed E-state index contributed by atoms with van der Waals surface area (Å²) in [6.07, 6.45) is 7.49. The number of hydrogen-bond donors (Lipinski definition) is 2. The van der Waals surface area contributed by atoms with Gasteiger partial charge in [0, 0.05) is 38.7 Å². The zero-order valence-corrected chi connectivity index (χ0v) is 12.1. The highest BCUT2D eigenvalue weighted by Crippen LogP contribution is 2.23. The molecule has 1 saturated heterocycles. The van der Waals surface area contributed by atoms with Gasteiger partial charge in [-0.3, -0.25) is 14.2 Å². The number of aromatic nitrogens is 3. The van der Waals surface area contributed by atoms with Crippen LogP contribution >= 0.6 is 11.9 Å². The monoisotopic (exact) mass is 283 g/mol. The normalized spacial score (nSPS) is 17.5. The molecule has 1 aromatic rings. The molecule has 7 heteroatoms. The number of rotatable bonds is 6. The summed E-state index contributed by atoms with van der Waals surface area (Å²) in [5.74, 6) is 0.696. The third-order valence-electron chi connectivity index (χ3n) is 3.48. The average Bonchev–Trinajstić information content (AvgIpc) is 2.93. The van der Waals surface area contributed by atoms with E-state index in [1.54, 1.807) is 18.1 Å². The van der Waals surface area contributed by atoms with Crippen molar-refractivity contribution in [2.45, 2.75) is 25.7 Å². The second-order valence-corrected chi connectivity index (χ2v) is 5.71. The van der Waals surface area contributed by atoms with E-state index in [1.807, 2.05) is 0 Å². The van der Waals surface area contributed by atoms with Gasteiger partial charge in [0.2, 0.25) is 5.91 Å². The van der Waals surface area contributed by atoms with Gasteiger partial charge in [-0.25, -0.2) is 0 Å². The summed E-state index contributed by atoms with van der Waals surface area (Å²) in [5.41, 5.74) is 0.883. The van der Waals surface area contributed by atoms with Crippen LogP contribution in [0.4, 0.5) is 0 Å². The van der Waals surface area contributed by atoms with Gasteiger partial charge in [-0.2, -0.15) is 0 Å². The van der Waals surface area contributed by atoms with Crippen LogP contribution in [0.3, 0.4) is 0 Å². The predicted molar refractivity (Wildman–Crippen MR) is 75.5 cm³/mol. The smallest absolute Gasteiger partial charge is 0.220 e. The second kappa shape index (κ2) is 7.49. The Morgan fingerprint density at radius 1 is 1.58 bits per heavy atom.